The van der Waals surface area contributed by atoms with Crippen LogP contribution in [0.2, 0.25) is 0 Å². The zero-order valence-corrected chi connectivity index (χ0v) is 15.6. The molecule has 0 bridgehead atoms. The smallest absolute Gasteiger partial charge is 0.468 e. The van der Waals surface area contributed by atoms with Crippen LogP contribution in [-0.2, 0) is 30.5 Å². The van der Waals surface area contributed by atoms with E-state index in [0.717, 1.165) is 21.6 Å². The van der Waals surface area contributed by atoms with Crippen LogP contribution >= 0.6 is 11.8 Å². The number of hydrogen-bond donors (Lipinski definition) is 0. The SMILES string of the molecule is COC(=O)Cn1nnc(/C=C2\CN(OC(=O)C(F)(F)F)CCC2SC(C)=O)n1. The summed E-state index contributed by atoms with van der Waals surface area (Å²) in [5, 5.41) is 11.7. The fraction of sp³-hybridized carbons (Fsp3) is 0.571. The van der Waals surface area contributed by atoms with E-state index >= 15 is 0 Å². The number of thioether (sulfide) groups is 1. The van der Waals surface area contributed by atoms with Crippen molar-refractivity contribution in [3.8, 4) is 0 Å². The van der Waals surface area contributed by atoms with Crippen LogP contribution in [0, 0.1) is 0 Å². The molecule has 1 aromatic heterocycles. The third kappa shape index (κ3) is 6.30. The Labute approximate surface area is 161 Å². The van der Waals surface area contributed by atoms with Gasteiger partial charge in [0, 0.05) is 18.7 Å². The number of hydroxylamine groups is 2. The highest BCUT2D eigenvalue weighted by molar-refractivity contribution is 8.14. The van der Waals surface area contributed by atoms with Crippen molar-refractivity contribution in [3.05, 3.63) is 11.4 Å². The fourth-order valence-corrected chi connectivity index (χ4v) is 3.20. The molecule has 14 heteroatoms. The molecule has 0 aliphatic carbocycles. The third-order valence-corrected chi connectivity index (χ3v) is 4.60. The molecule has 10 nitrogen and oxygen atoms in total. The minimum atomic E-state index is -5.12. The van der Waals surface area contributed by atoms with Crippen LogP contribution in [0.1, 0.15) is 19.2 Å². The second-order valence-electron chi connectivity index (χ2n) is 5.60. The molecular formula is C14H16F3N5O5S. The Kier molecular flexibility index (Phi) is 7.12. The van der Waals surface area contributed by atoms with E-state index in [1.807, 2.05) is 0 Å². The van der Waals surface area contributed by atoms with Gasteiger partial charge in [0.05, 0.1) is 13.7 Å². The summed E-state index contributed by atoms with van der Waals surface area (Å²) in [6.45, 7) is 0.946. The molecule has 1 aliphatic heterocycles. The number of carbonyl (C=O) groups excluding carboxylic acids is 3. The van der Waals surface area contributed by atoms with Gasteiger partial charge in [-0.05, 0) is 23.3 Å². The molecule has 0 radical (unpaired) electrons. The Bertz CT molecular complexity index is 782. The predicted octanol–water partition coefficient (Wildman–Crippen LogP) is 0.604. The molecule has 1 unspecified atom stereocenters. The minimum Gasteiger partial charge on any atom is -0.468 e. The van der Waals surface area contributed by atoms with Gasteiger partial charge in [0.1, 0.15) is 0 Å². The lowest BCUT2D eigenvalue weighted by atomic mass is 10.1. The first kappa shape index (κ1) is 21.8. The molecule has 1 fully saturated rings. The summed E-state index contributed by atoms with van der Waals surface area (Å²) in [5.74, 6) is -2.84. The summed E-state index contributed by atoms with van der Waals surface area (Å²) in [4.78, 5) is 39.1. The van der Waals surface area contributed by atoms with E-state index < -0.39 is 18.1 Å². The van der Waals surface area contributed by atoms with Gasteiger partial charge in [-0.15, -0.1) is 15.3 Å². The molecule has 28 heavy (non-hydrogen) atoms. The summed E-state index contributed by atoms with van der Waals surface area (Å²) in [6, 6.07) is 0. The van der Waals surface area contributed by atoms with E-state index in [-0.39, 0.29) is 42.2 Å². The zero-order chi connectivity index (χ0) is 20.9. The number of piperidine rings is 1. The van der Waals surface area contributed by atoms with Gasteiger partial charge in [-0.2, -0.15) is 18.0 Å². The summed E-state index contributed by atoms with van der Waals surface area (Å²) < 4.78 is 41.7. The number of ether oxygens (including phenoxy) is 1. The quantitative estimate of drug-likeness (QED) is 0.624. The lowest BCUT2D eigenvalue weighted by Crippen LogP contribution is -2.41. The lowest BCUT2D eigenvalue weighted by molar-refractivity contribution is -0.238. The first-order valence-corrected chi connectivity index (χ1v) is 8.73. The third-order valence-electron chi connectivity index (χ3n) is 3.45. The molecule has 0 saturated carbocycles. The van der Waals surface area contributed by atoms with Gasteiger partial charge in [0.25, 0.3) is 0 Å². The fourth-order valence-electron chi connectivity index (χ4n) is 2.28. The number of tetrazole rings is 1. The first-order valence-electron chi connectivity index (χ1n) is 7.85. The second kappa shape index (κ2) is 9.14. The number of aromatic nitrogens is 4. The molecule has 0 aromatic carbocycles. The summed E-state index contributed by atoms with van der Waals surface area (Å²) in [5.41, 5.74) is 0.471. The van der Waals surface area contributed by atoms with Crippen LogP contribution in [0.5, 0.6) is 0 Å². The van der Waals surface area contributed by atoms with E-state index in [2.05, 4.69) is 25.0 Å². The Hall–Kier alpha value is -2.48. The molecule has 1 aliphatic rings. The van der Waals surface area contributed by atoms with Crippen LogP contribution in [0.3, 0.4) is 0 Å². The van der Waals surface area contributed by atoms with E-state index in [4.69, 9.17) is 0 Å². The number of methoxy groups -OCH3 is 1. The van der Waals surface area contributed by atoms with Crippen molar-refractivity contribution >= 4 is 34.9 Å². The Morgan fingerprint density at radius 1 is 1.36 bits per heavy atom. The maximum absolute atomic E-state index is 12.4. The van der Waals surface area contributed by atoms with Gasteiger partial charge >= 0.3 is 18.1 Å². The molecule has 1 saturated heterocycles. The number of alkyl halides is 3. The van der Waals surface area contributed by atoms with Crippen LogP contribution < -0.4 is 0 Å². The normalized spacial score (nSPS) is 19.5. The van der Waals surface area contributed by atoms with Gasteiger partial charge in [-0.3, -0.25) is 4.79 Å². The van der Waals surface area contributed by atoms with Crippen molar-refractivity contribution in [2.45, 2.75) is 31.3 Å². The van der Waals surface area contributed by atoms with E-state index in [1.165, 1.54) is 20.1 Å². The zero-order valence-electron chi connectivity index (χ0n) is 14.8. The Morgan fingerprint density at radius 3 is 2.68 bits per heavy atom. The highest BCUT2D eigenvalue weighted by Crippen LogP contribution is 2.30. The average Bonchev–Trinajstić information content (AvgIpc) is 3.02. The maximum atomic E-state index is 12.4. The standard InChI is InChI=1S/C14H16F3N5O5S/c1-8(23)28-10-3-4-21(27-13(25)14(15,16)17)6-9(10)5-11-18-20-22(19-11)7-12(24)26-2/h5,10H,3-4,6-7H2,1-2H3/b9-5+. The van der Waals surface area contributed by atoms with Gasteiger partial charge in [-0.1, -0.05) is 11.8 Å². The van der Waals surface area contributed by atoms with Crippen molar-refractivity contribution < 1.29 is 37.1 Å². The summed E-state index contributed by atoms with van der Waals surface area (Å²) in [7, 11) is 1.20. The van der Waals surface area contributed by atoms with Gasteiger partial charge in [-0.25, -0.2) is 9.59 Å². The molecule has 1 atom stereocenters. The number of esters is 1. The molecule has 2 rings (SSSR count). The summed E-state index contributed by atoms with van der Waals surface area (Å²) >= 11 is 0.997. The first-order chi connectivity index (χ1) is 13.1. The van der Waals surface area contributed by atoms with Gasteiger partial charge in [0.2, 0.25) is 0 Å². The molecule has 0 spiro atoms. The Morgan fingerprint density at radius 2 is 2.07 bits per heavy atom. The number of nitrogens with zero attached hydrogens (tertiary/aromatic N) is 5. The molecule has 154 valence electrons. The monoisotopic (exact) mass is 423 g/mol. The van der Waals surface area contributed by atoms with Crippen molar-refractivity contribution in [1.82, 2.24) is 25.3 Å². The maximum Gasteiger partial charge on any atom is 0.492 e. The highest BCUT2D eigenvalue weighted by Gasteiger charge is 2.43. The van der Waals surface area contributed by atoms with Crippen molar-refractivity contribution in [2.75, 3.05) is 20.2 Å². The molecule has 0 amide bonds. The van der Waals surface area contributed by atoms with Gasteiger partial charge < -0.3 is 9.57 Å². The van der Waals surface area contributed by atoms with Crippen LogP contribution in [-0.4, -0.2) is 73.9 Å². The van der Waals surface area contributed by atoms with Crippen molar-refractivity contribution in [3.63, 3.8) is 0 Å². The number of hydrogen-bond acceptors (Lipinski definition) is 10. The largest absolute Gasteiger partial charge is 0.492 e. The second-order valence-corrected chi connectivity index (χ2v) is 6.98. The van der Waals surface area contributed by atoms with E-state index in [9.17, 15) is 27.6 Å². The molecule has 2 heterocycles. The van der Waals surface area contributed by atoms with E-state index in [0.29, 0.717) is 5.57 Å². The average molecular weight is 423 g/mol. The predicted molar refractivity (Wildman–Crippen MR) is 88.2 cm³/mol. The molecule has 0 N–H and O–H groups in total. The Balaban J connectivity index is 2.17. The number of carbonyl (C=O) groups is 3. The number of rotatable bonds is 5. The minimum absolute atomic E-state index is 0.0204. The van der Waals surface area contributed by atoms with E-state index in [1.54, 1.807) is 0 Å². The topological polar surface area (TPSA) is 117 Å². The number of halogens is 3. The lowest BCUT2D eigenvalue weighted by Gasteiger charge is -2.32. The van der Waals surface area contributed by atoms with Crippen molar-refractivity contribution in [2.24, 2.45) is 0 Å². The highest BCUT2D eigenvalue weighted by atomic mass is 32.2. The van der Waals surface area contributed by atoms with Crippen molar-refractivity contribution in [1.29, 1.82) is 0 Å². The van der Waals surface area contributed by atoms with Gasteiger partial charge in [0.15, 0.2) is 17.5 Å². The van der Waals surface area contributed by atoms with Crippen LogP contribution in [0.25, 0.3) is 6.08 Å². The molecule has 1 aromatic rings. The van der Waals surface area contributed by atoms with Crippen LogP contribution in [0.15, 0.2) is 5.57 Å². The van der Waals surface area contributed by atoms with Crippen LogP contribution in [0.4, 0.5) is 13.2 Å². The summed E-state index contributed by atoms with van der Waals surface area (Å²) in [6.07, 6.45) is -3.43. The molecular weight excluding hydrogens is 407 g/mol.